The van der Waals surface area contributed by atoms with Crippen LogP contribution in [0.3, 0.4) is 0 Å². The number of rotatable bonds is 5. The van der Waals surface area contributed by atoms with Gasteiger partial charge in [0.15, 0.2) is 5.96 Å². The standard InChI is InChI=1S/C17H21BrN4O/c1-21(2)17(20-12-14-6-4-3-5-7-14)19-10-11-22-13-15(18)8-9-16(22)23/h3-9,13H,10-12H2,1-2H3,(H,19,20). The van der Waals surface area contributed by atoms with E-state index < -0.39 is 0 Å². The Balaban J connectivity index is 1.95. The van der Waals surface area contributed by atoms with Crippen molar-refractivity contribution in [3.63, 3.8) is 0 Å². The van der Waals surface area contributed by atoms with Crippen LogP contribution in [0.2, 0.25) is 0 Å². The topological polar surface area (TPSA) is 49.6 Å². The van der Waals surface area contributed by atoms with E-state index >= 15 is 0 Å². The van der Waals surface area contributed by atoms with E-state index in [4.69, 9.17) is 0 Å². The molecule has 122 valence electrons. The average molecular weight is 377 g/mol. The molecule has 1 aromatic carbocycles. The first kappa shape index (κ1) is 17.3. The van der Waals surface area contributed by atoms with E-state index in [1.165, 1.54) is 0 Å². The Morgan fingerprint density at radius 2 is 1.96 bits per heavy atom. The molecule has 5 nitrogen and oxygen atoms in total. The van der Waals surface area contributed by atoms with Crippen LogP contribution in [0.1, 0.15) is 5.56 Å². The second-order valence-electron chi connectivity index (χ2n) is 5.33. The Morgan fingerprint density at radius 3 is 2.65 bits per heavy atom. The molecule has 1 aromatic heterocycles. The summed E-state index contributed by atoms with van der Waals surface area (Å²) in [6.45, 7) is 1.83. The van der Waals surface area contributed by atoms with E-state index in [0.29, 0.717) is 19.6 Å². The van der Waals surface area contributed by atoms with Crippen molar-refractivity contribution in [2.75, 3.05) is 20.6 Å². The van der Waals surface area contributed by atoms with Gasteiger partial charge in [-0.15, -0.1) is 0 Å². The van der Waals surface area contributed by atoms with Gasteiger partial charge < -0.3 is 14.8 Å². The Bertz CT molecular complexity index is 710. The number of pyridine rings is 1. The summed E-state index contributed by atoms with van der Waals surface area (Å²) in [6.07, 6.45) is 1.79. The van der Waals surface area contributed by atoms with Crippen molar-refractivity contribution in [1.82, 2.24) is 14.8 Å². The molecule has 0 amide bonds. The number of benzene rings is 1. The summed E-state index contributed by atoms with van der Waals surface area (Å²) in [5, 5.41) is 3.29. The van der Waals surface area contributed by atoms with E-state index in [-0.39, 0.29) is 5.56 Å². The number of hydrogen-bond acceptors (Lipinski definition) is 2. The maximum atomic E-state index is 11.8. The molecule has 0 aliphatic rings. The van der Waals surface area contributed by atoms with E-state index in [0.717, 1.165) is 16.0 Å². The predicted octanol–water partition coefficient (Wildman–Crippen LogP) is 2.32. The van der Waals surface area contributed by atoms with Crippen LogP contribution in [0.25, 0.3) is 0 Å². The van der Waals surface area contributed by atoms with Gasteiger partial charge in [-0.25, -0.2) is 4.99 Å². The molecule has 1 heterocycles. The summed E-state index contributed by atoms with van der Waals surface area (Å²) in [4.78, 5) is 18.3. The third-order valence-corrected chi connectivity index (χ3v) is 3.73. The maximum Gasteiger partial charge on any atom is 0.250 e. The van der Waals surface area contributed by atoms with Gasteiger partial charge in [-0.1, -0.05) is 30.3 Å². The third-order valence-electron chi connectivity index (χ3n) is 3.26. The first-order valence-corrected chi connectivity index (χ1v) is 8.21. The quantitative estimate of drug-likeness (QED) is 0.643. The SMILES string of the molecule is CN(C)C(=NCc1ccccc1)NCCn1cc(Br)ccc1=O. The van der Waals surface area contributed by atoms with Crippen LogP contribution in [0.5, 0.6) is 0 Å². The Hall–Kier alpha value is -2.08. The van der Waals surface area contributed by atoms with Gasteiger partial charge in [0.05, 0.1) is 6.54 Å². The van der Waals surface area contributed by atoms with Crippen molar-refractivity contribution >= 4 is 21.9 Å². The van der Waals surface area contributed by atoms with Crippen LogP contribution in [0.4, 0.5) is 0 Å². The van der Waals surface area contributed by atoms with Crippen molar-refractivity contribution < 1.29 is 0 Å². The van der Waals surface area contributed by atoms with E-state index in [1.807, 2.05) is 37.2 Å². The molecule has 0 saturated carbocycles. The molecule has 0 spiro atoms. The number of nitrogens with one attached hydrogen (secondary N) is 1. The zero-order chi connectivity index (χ0) is 16.7. The molecule has 0 bridgehead atoms. The largest absolute Gasteiger partial charge is 0.354 e. The highest BCUT2D eigenvalue weighted by molar-refractivity contribution is 9.10. The van der Waals surface area contributed by atoms with Gasteiger partial charge in [0, 0.05) is 43.9 Å². The minimum Gasteiger partial charge on any atom is -0.354 e. The second kappa shape index (κ2) is 8.53. The van der Waals surface area contributed by atoms with Gasteiger partial charge >= 0.3 is 0 Å². The lowest BCUT2D eigenvalue weighted by Crippen LogP contribution is -2.39. The van der Waals surface area contributed by atoms with Gasteiger partial charge in [0.25, 0.3) is 5.56 Å². The van der Waals surface area contributed by atoms with Crippen LogP contribution in [-0.4, -0.2) is 36.1 Å². The molecule has 0 atom stereocenters. The molecular formula is C17H21BrN4O. The van der Waals surface area contributed by atoms with Crippen LogP contribution in [0.15, 0.2) is 62.9 Å². The summed E-state index contributed by atoms with van der Waals surface area (Å²) >= 11 is 3.38. The zero-order valence-electron chi connectivity index (χ0n) is 13.4. The highest BCUT2D eigenvalue weighted by Gasteiger charge is 2.02. The number of nitrogens with zero attached hydrogens (tertiary/aromatic N) is 3. The van der Waals surface area contributed by atoms with Crippen LogP contribution in [-0.2, 0) is 13.1 Å². The molecule has 2 aromatic rings. The summed E-state index contributed by atoms with van der Waals surface area (Å²) in [5.41, 5.74) is 1.15. The first-order chi connectivity index (χ1) is 11.1. The maximum absolute atomic E-state index is 11.8. The van der Waals surface area contributed by atoms with Crippen LogP contribution < -0.4 is 10.9 Å². The van der Waals surface area contributed by atoms with Crippen LogP contribution >= 0.6 is 15.9 Å². The smallest absolute Gasteiger partial charge is 0.250 e. The van der Waals surface area contributed by atoms with E-state index in [9.17, 15) is 4.79 Å². The summed E-state index contributed by atoms with van der Waals surface area (Å²) < 4.78 is 2.56. The lowest BCUT2D eigenvalue weighted by atomic mass is 10.2. The highest BCUT2D eigenvalue weighted by atomic mass is 79.9. The first-order valence-electron chi connectivity index (χ1n) is 7.42. The molecule has 0 fully saturated rings. The van der Waals surface area contributed by atoms with Gasteiger partial charge in [0.1, 0.15) is 0 Å². The lowest BCUT2D eigenvalue weighted by molar-refractivity contribution is 0.560. The monoisotopic (exact) mass is 376 g/mol. The highest BCUT2D eigenvalue weighted by Crippen LogP contribution is 2.04. The Kier molecular flexibility index (Phi) is 6.40. The molecule has 23 heavy (non-hydrogen) atoms. The number of aliphatic imine (C=N–C) groups is 1. The fourth-order valence-corrected chi connectivity index (χ4v) is 2.45. The fraction of sp³-hybridized carbons (Fsp3) is 0.294. The molecule has 1 N–H and O–H groups in total. The Morgan fingerprint density at radius 1 is 1.22 bits per heavy atom. The average Bonchev–Trinajstić information content (AvgIpc) is 2.54. The summed E-state index contributed by atoms with van der Waals surface area (Å²) in [5.74, 6) is 0.803. The van der Waals surface area contributed by atoms with Crippen molar-refractivity contribution in [2.45, 2.75) is 13.1 Å². The predicted molar refractivity (Wildman–Crippen MR) is 97.7 cm³/mol. The van der Waals surface area contributed by atoms with Crippen molar-refractivity contribution in [1.29, 1.82) is 0 Å². The zero-order valence-corrected chi connectivity index (χ0v) is 15.0. The number of halogens is 1. The van der Waals surface area contributed by atoms with E-state index in [2.05, 4.69) is 38.4 Å². The molecule has 0 radical (unpaired) electrons. The number of hydrogen-bond donors (Lipinski definition) is 1. The summed E-state index contributed by atoms with van der Waals surface area (Å²) in [7, 11) is 3.89. The van der Waals surface area contributed by atoms with Gasteiger partial charge in [-0.3, -0.25) is 4.79 Å². The number of aromatic nitrogens is 1. The van der Waals surface area contributed by atoms with Crippen molar-refractivity contribution in [3.05, 3.63) is 69.1 Å². The second-order valence-corrected chi connectivity index (χ2v) is 6.24. The molecule has 0 unspecified atom stereocenters. The minimum absolute atomic E-state index is 0.0115. The van der Waals surface area contributed by atoms with Crippen LogP contribution in [0, 0.1) is 0 Å². The van der Waals surface area contributed by atoms with Crippen molar-refractivity contribution in [2.24, 2.45) is 4.99 Å². The minimum atomic E-state index is -0.0115. The molecule has 0 aliphatic carbocycles. The van der Waals surface area contributed by atoms with Crippen molar-refractivity contribution in [3.8, 4) is 0 Å². The molecular weight excluding hydrogens is 356 g/mol. The van der Waals surface area contributed by atoms with Gasteiger partial charge in [-0.2, -0.15) is 0 Å². The normalized spacial score (nSPS) is 11.3. The molecule has 0 saturated heterocycles. The summed E-state index contributed by atoms with van der Waals surface area (Å²) in [6, 6.07) is 13.4. The molecule has 0 aliphatic heterocycles. The van der Waals surface area contributed by atoms with Gasteiger partial charge in [0.2, 0.25) is 0 Å². The third kappa shape index (κ3) is 5.56. The fourth-order valence-electron chi connectivity index (χ4n) is 2.07. The molecule has 6 heteroatoms. The van der Waals surface area contributed by atoms with E-state index in [1.54, 1.807) is 22.9 Å². The Labute approximate surface area is 144 Å². The molecule has 2 rings (SSSR count). The lowest BCUT2D eigenvalue weighted by Gasteiger charge is -2.18. The van der Waals surface area contributed by atoms with Gasteiger partial charge in [-0.05, 0) is 27.6 Å². The number of guanidine groups is 1.